The first-order valence-electron chi connectivity index (χ1n) is 9.46. The molecule has 1 aliphatic heterocycles. The van der Waals surface area contributed by atoms with E-state index < -0.39 is 0 Å². The van der Waals surface area contributed by atoms with Crippen molar-refractivity contribution in [1.82, 2.24) is 0 Å². The van der Waals surface area contributed by atoms with Crippen LogP contribution in [0.2, 0.25) is 5.02 Å². The highest BCUT2D eigenvalue weighted by Crippen LogP contribution is 2.40. The molecule has 0 saturated heterocycles. The monoisotopic (exact) mass is 383 g/mol. The zero-order chi connectivity index (χ0) is 19.8. The molecular weight excluding hydrogens is 356 g/mol. The minimum Gasteiger partial charge on any atom is -0.507 e. The van der Waals surface area contributed by atoms with Gasteiger partial charge >= 0.3 is 0 Å². The van der Waals surface area contributed by atoms with E-state index in [1.807, 2.05) is 30.3 Å². The van der Waals surface area contributed by atoms with Gasteiger partial charge in [-0.05, 0) is 58.0 Å². The predicted molar refractivity (Wildman–Crippen MR) is 116 cm³/mol. The van der Waals surface area contributed by atoms with Gasteiger partial charge in [0.2, 0.25) is 5.69 Å². The molecule has 142 valence electrons. The maximum absolute atomic E-state index is 10.5. The smallest absolute Gasteiger partial charge is 0.209 e. The number of allylic oxidation sites excluding steroid dienone is 1. The van der Waals surface area contributed by atoms with Gasteiger partial charge < -0.3 is 10.0 Å². The average Bonchev–Trinajstić information content (AvgIpc) is 2.81. The molecule has 27 heavy (non-hydrogen) atoms. The Bertz CT molecular complexity index is 924. The molecule has 0 spiro atoms. The molecule has 1 aliphatic rings. The Morgan fingerprint density at radius 1 is 1.07 bits per heavy atom. The third kappa shape index (κ3) is 3.49. The molecule has 0 bridgehead atoms. The van der Waals surface area contributed by atoms with E-state index in [1.54, 1.807) is 0 Å². The summed E-state index contributed by atoms with van der Waals surface area (Å²) in [5, 5.41) is 11.2. The Morgan fingerprint density at radius 3 is 2.41 bits per heavy atom. The van der Waals surface area contributed by atoms with Crippen LogP contribution >= 0.6 is 11.6 Å². The van der Waals surface area contributed by atoms with Crippen molar-refractivity contribution < 1.29 is 9.68 Å². The highest BCUT2D eigenvalue weighted by atomic mass is 35.5. The fourth-order valence-electron chi connectivity index (χ4n) is 3.94. The lowest BCUT2D eigenvalue weighted by atomic mass is 9.81. The van der Waals surface area contributed by atoms with E-state index in [2.05, 4.69) is 62.4 Å². The second kappa shape index (κ2) is 7.40. The van der Waals surface area contributed by atoms with E-state index in [0.717, 1.165) is 29.4 Å². The second-order valence-corrected chi connectivity index (χ2v) is 7.92. The first-order valence-corrected chi connectivity index (χ1v) is 9.84. The molecule has 0 aromatic heterocycles. The highest BCUT2D eigenvalue weighted by molar-refractivity contribution is 6.30. The molecule has 0 unspecified atom stereocenters. The number of hydrogen-bond donors (Lipinski definition) is 1. The lowest BCUT2D eigenvalue weighted by molar-refractivity contribution is -0.401. The van der Waals surface area contributed by atoms with Crippen LogP contribution < -0.4 is 4.90 Å². The molecule has 0 fully saturated rings. The van der Waals surface area contributed by atoms with Crippen LogP contribution in [0, 0.1) is 0 Å². The third-order valence-electron chi connectivity index (χ3n) is 5.56. The van der Waals surface area contributed by atoms with Crippen LogP contribution in [-0.4, -0.2) is 35.5 Å². The number of nitrogens with zero attached hydrogens (tertiary/aromatic N) is 2. The van der Waals surface area contributed by atoms with Gasteiger partial charge in [0, 0.05) is 53.1 Å². The summed E-state index contributed by atoms with van der Waals surface area (Å²) in [5.41, 5.74) is 5.28. The number of phenols is 1. The molecule has 3 nitrogen and oxygen atoms in total. The van der Waals surface area contributed by atoms with Crippen molar-refractivity contribution >= 4 is 34.8 Å². The van der Waals surface area contributed by atoms with E-state index in [9.17, 15) is 5.11 Å². The van der Waals surface area contributed by atoms with Gasteiger partial charge in [-0.25, -0.2) is 0 Å². The second-order valence-electron chi connectivity index (χ2n) is 7.48. The Balaban J connectivity index is 1.94. The predicted octanol–water partition coefficient (Wildman–Crippen LogP) is 5.61. The van der Waals surface area contributed by atoms with Gasteiger partial charge in [0.05, 0.1) is 5.41 Å². The van der Waals surface area contributed by atoms with Crippen molar-refractivity contribution in [2.24, 2.45) is 0 Å². The quantitative estimate of drug-likeness (QED) is 0.679. The van der Waals surface area contributed by atoms with E-state index >= 15 is 0 Å². The summed E-state index contributed by atoms with van der Waals surface area (Å²) in [4.78, 5) is 2.22. The molecular formula is C23H28ClN2O+. The Labute approximate surface area is 167 Å². The van der Waals surface area contributed by atoms with E-state index in [4.69, 9.17) is 11.6 Å². The van der Waals surface area contributed by atoms with Crippen LogP contribution in [0.1, 0.15) is 38.8 Å². The Kier molecular flexibility index (Phi) is 5.34. The molecule has 3 rings (SSSR count). The number of rotatable bonds is 5. The van der Waals surface area contributed by atoms with Crippen molar-refractivity contribution in [2.75, 3.05) is 25.0 Å². The molecule has 0 aliphatic carbocycles. The Hall–Kier alpha value is -2.26. The van der Waals surface area contributed by atoms with Crippen molar-refractivity contribution in [3.05, 3.63) is 58.6 Å². The lowest BCUT2D eigenvalue weighted by Gasteiger charge is -2.21. The van der Waals surface area contributed by atoms with Crippen molar-refractivity contribution in [2.45, 2.75) is 33.1 Å². The molecule has 0 radical (unpaired) electrons. The summed E-state index contributed by atoms with van der Waals surface area (Å²) in [6, 6.07) is 11.9. The van der Waals surface area contributed by atoms with E-state index in [0.29, 0.717) is 5.75 Å². The van der Waals surface area contributed by atoms with Crippen LogP contribution in [-0.2, 0) is 5.41 Å². The lowest BCUT2D eigenvalue weighted by Crippen LogP contribution is -2.26. The van der Waals surface area contributed by atoms with Crippen LogP contribution in [0.25, 0.3) is 6.08 Å². The fraction of sp³-hybridized carbons (Fsp3) is 0.348. The highest BCUT2D eigenvalue weighted by Gasteiger charge is 2.42. The largest absolute Gasteiger partial charge is 0.507 e. The fourth-order valence-corrected chi connectivity index (χ4v) is 4.11. The number of fused-ring (bicyclic) bond motifs is 1. The topological polar surface area (TPSA) is 26.5 Å². The van der Waals surface area contributed by atoms with Crippen LogP contribution in [0.5, 0.6) is 5.75 Å². The first-order chi connectivity index (χ1) is 12.8. The van der Waals surface area contributed by atoms with Gasteiger partial charge in [0.25, 0.3) is 0 Å². The molecule has 1 N–H and O–H groups in total. The van der Waals surface area contributed by atoms with Gasteiger partial charge in [0.1, 0.15) is 12.8 Å². The first kappa shape index (κ1) is 19.5. The molecule has 2 aromatic rings. The maximum atomic E-state index is 10.5. The van der Waals surface area contributed by atoms with E-state index in [1.165, 1.54) is 17.0 Å². The van der Waals surface area contributed by atoms with Gasteiger partial charge in [-0.15, -0.1) is 0 Å². The van der Waals surface area contributed by atoms with Crippen molar-refractivity contribution in [3.8, 4) is 5.75 Å². The summed E-state index contributed by atoms with van der Waals surface area (Å²) in [6.45, 7) is 10.5. The Morgan fingerprint density at radius 2 is 1.78 bits per heavy atom. The number of aromatic hydroxyl groups is 1. The van der Waals surface area contributed by atoms with Gasteiger partial charge in [-0.3, -0.25) is 0 Å². The number of anilines is 1. The van der Waals surface area contributed by atoms with Crippen LogP contribution in [0.3, 0.4) is 0 Å². The van der Waals surface area contributed by atoms with Crippen LogP contribution in [0.15, 0.2) is 42.5 Å². The minimum absolute atomic E-state index is 0.151. The summed E-state index contributed by atoms with van der Waals surface area (Å²) in [6.07, 6.45) is 4.09. The maximum Gasteiger partial charge on any atom is 0.209 e. The SMILES string of the molecule is CCN(CC)c1ccc(/C=C/C2=[N+](C)c3ccc(Cl)cc3C2(C)C)c(O)c1. The van der Waals surface area contributed by atoms with Crippen molar-refractivity contribution in [1.29, 1.82) is 0 Å². The third-order valence-corrected chi connectivity index (χ3v) is 5.79. The minimum atomic E-state index is -0.151. The van der Waals surface area contributed by atoms with Gasteiger partial charge in [-0.1, -0.05) is 11.6 Å². The standard InChI is InChI=1S/C23H27ClN2O/c1-6-26(7-2)18-11-8-16(21(27)15-18)9-13-22-23(3,4)19-14-17(24)10-12-20(19)25(22)5/h8-15H,6-7H2,1-5H3/p+1. The molecule has 0 atom stereocenters. The summed E-state index contributed by atoms with van der Waals surface area (Å²) in [5.74, 6) is 0.301. The summed E-state index contributed by atoms with van der Waals surface area (Å²) < 4.78 is 2.20. The molecule has 1 heterocycles. The number of halogens is 1. The number of phenolic OH excluding ortho intramolecular Hbond substituents is 1. The van der Waals surface area contributed by atoms with Gasteiger partial charge in [-0.2, -0.15) is 4.58 Å². The zero-order valence-electron chi connectivity index (χ0n) is 16.8. The molecule has 4 heteroatoms. The number of benzene rings is 2. The summed E-state index contributed by atoms with van der Waals surface area (Å²) >= 11 is 6.22. The van der Waals surface area contributed by atoms with E-state index in [-0.39, 0.29) is 5.41 Å². The molecule has 0 amide bonds. The molecule has 2 aromatic carbocycles. The van der Waals surface area contributed by atoms with Crippen LogP contribution in [0.4, 0.5) is 11.4 Å². The molecule has 0 saturated carbocycles. The van der Waals surface area contributed by atoms with Crippen molar-refractivity contribution in [3.63, 3.8) is 0 Å². The zero-order valence-corrected chi connectivity index (χ0v) is 17.5. The summed E-state index contributed by atoms with van der Waals surface area (Å²) in [7, 11) is 2.07. The normalized spacial score (nSPS) is 15.5. The average molecular weight is 384 g/mol. The number of hydrogen-bond acceptors (Lipinski definition) is 2. The van der Waals surface area contributed by atoms with Gasteiger partial charge in [0.15, 0.2) is 5.71 Å².